The first-order valence-electron chi connectivity index (χ1n) is 8.12. The van der Waals surface area contributed by atoms with Gasteiger partial charge in [0.05, 0.1) is 11.0 Å². The van der Waals surface area contributed by atoms with E-state index in [0.29, 0.717) is 12.0 Å². The van der Waals surface area contributed by atoms with E-state index in [0.717, 1.165) is 10.5 Å². The molecule has 1 aliphatic heterocycles. The molecule has 2 N–H and O–H groups in total. The third-order valence-corrected chi connectivity index (χ3v) is 5.52. The molecule has 6 nitrogen and oxygen atoms in total. The zero-order valence-corrected chi connectivity index (χ0v) is 15.0. The molecule has 0 saturated heterocycles. The summed E-state index contributed by atoms with van der Waals surface area (Å²) in [6.45, 7) is 1.72. The number of amides is 1. The van der Waals surface area contributed by atoms with Crippen LogP contribution in [-0.2, 0) is 27.8 Å². The minimum absolute atomic E-state index is 0.0213. The van der Waals surface area contributed by atoms with E-state index in [1.165, 1.54) is 12.1 Å². The molecule has 0 unspecified atom stereocenters. The Morgan fingerprint density at radius 1 is 1.35 bits per heavy atom. The molecule has 1 aromatic carbocycles. The molecule has 0 bridgehead atoms. The lowest BCUT2D eigenvalue weighted by atomic mass is 9.99. The van der Waals surface area contributed by atoms with E-state index in [-0.39, 0.29) is 31.0 Å². The van der Waals surface area contributed by atoms with Gasteiger partial charge >= 0.3 is 6.18 Å². The number of benzene rings is 1. The third-order valence-electron chi connectivity index (χ3n) is 4.06. The number of carbonyl (C=O) groups excluding carboxylic acids is 1. The topological polar surface area (TPSA) is 86.7 Å². The first-order valence-corrected chi connectivity index (χ1v) is 9.60. The summed E-state index contributed by atoms with van der Waals surface area (Å²) in [5.41, 5.74) is 1.33. The number of sulfonamides is 1. The molecular formula is C16H21F3N2O4S. The number of carbonyl (C=O) groups is 1. The Hall–Kier alpha value is -1.65. The van der Waals surface area contributed by atoms with Gasteiger partial charge in [-0.05, 0) is 43.0 Å². The molecule has 0 aliphatic carbocycles. The van der Waals surface area contributed by atoms with Crippen molar-refractivity contribution in [2.24, 2.45) is 0 Å². The van der Waals surface area contributed by atoms with Crippen molar-refractivity contribution in [3.8, 4) is 0 Å². The lowest BCUT2D eigenvalue weighted by Gasteiger charge is -2.29. The summed E-state index contributed by atoms with van der Waals surface area (Å²) >= 11 is 0. The van der Waals surface area contributed by atoms with E-state index >= 15 is 0 Å². The van der Waals surface area contributed by atoms with Crippen molar-refractivity contribution >= 4 is 15.9 Å². The number of aliphatic hydroxyl groups excluding tert-OH is 1. The van der Waals surface area contributed by atoms with E-state index < -0.39 is 34.6 Å². The van der Waals surface area contributed by atoms with E-state index in [9.17, 15) is 31.5 Å². The van der Waals surface area contributed by atoms with E-state index in [1.807, 2.05) is 0 Å². The highest BCUT2D eigenvalue weighted by atomic mass is 32.2. The van der Waals surface area contributed by atoms with Crippen LogP contribution >= 0.6 is 0 Å². The molecule has 1 aromatic rings. The van der Waals surface area contributed by atoms with Crippen molar-refractivity contribution in [3.63, 3.8) is 0 Å². The average Bonchev–Trinajstić information content (AvgIpc) is 2.51. The quantitative estimate of drug-likeness (QED) is 0.767. The molecule has 0 fully saturated rings. The summed E-state index contributed by atoms with van der Waals surface area (Å²) in [7, 11) is -3.80. The van der Waals surface area contributed by atoms with Gasteiger partial charge in [0.2, 0.25) is 15.9 Å². The smallest absolute Gasteiger partial charge is 0.393 e. The van der Waals surface area contributed by atoms with Crippen LogP contribution in [0.5, 0.6) is 0 Å². The van der Waals surface area contributed by atoms with Crippen LogP contribution in [0, 0.1) is 0 Å². The standard InChI is InChI=1S/C16H21F3N2O4S/c1-11(22)4-6-20-26(24,25)14-3-2-12-5-7-21(10-13(12)8-14)15(23)9-16(17,18)19/h2-3,8,11,20,22H,4-7,9-10H2,1H3/t11-/m0/s1. The SMILES string of the molecule is C[C@H](O)CCNS(=O)(=O)c1ccc2c(c1)CN(C(=O)CC(F)(F)F)CC2. The maximum atomic E-state index is 12.4. The maximum Gasteiger partial charge on any atom is 0.397 e. The van der Waals surface area contributed by atoms with Gasteiger partial charge in [-0.25, -0.2) is 13.1 Å². The summed E-state index contributed by atoms with van der Waals surface area (Å²) < 4.78 is 64.1. The molecule has 10 heteroatoms. The van der Waals surface area contributed by atoms with Crippen LogP contribution in [-0.4, -0.2) is 49.7 Å². The average molecular weight is 394 g/mol. The van der Waals surface area contributed by atoms with Crippen molar-refractivity contribution < 1.29 is 31.5 Å². The van der Waals surface area contributed by atoms with Crippen molar-refractivity contribution in [2.75, 3.05) is 13.1 Å². The largest absolute Gasteiger partial charge is 0.397 e. The molecule has 1 aliphatic rings. The molecule has 1 atom stereocenters. The molecule has 146 valence electrons. The van der Waals surface area contributed by atoms with Crippen molar-refractivity contribution in [1.82, 2.24) is 9.62 Å². The van der Waals surface area contributed by atoms with Crippen molar-refractivity contribution in [3.05, 3.63) is 29.3 Å². The van der Waals surface area contributed by atoms with Crippen LogP contribution in [0.4, 0.5) is 13.2 Å². The number of aliphatic hydroxyl groups is 1. The summed E-state index contributed by atoms with van der Waals surface area (Å²) in [5, 5.41) is 9.19. The Morgan fingerprint density at radius 3 is 2.65 bits per heavy atom. The molecule has 0 spiro atoms. The van der Waals surface area contributed by atoms with Gasteiger partial charge < -0.3 is 10.0 Å². The Balaban J connectivity index is 2.12. The van der Waals surface area contributed by atoms with Crippen LogP contribution in [0.25, 0.3) is 0 Å². The molecule has 2 rings (SSSR count). The minimum Gasteiger partial charge on any atom is -0.393 e. The van der Waals surface area contributed by atoms with Crippen LogP contribution in [0.2, 0.25) is 0 Å². The highest BCUT2D eigenvalue weighted by molar-refractivity contribution is 7.89. The first-order chi connectivity index (χ1) is 12.0. The predicted octanol–water partition coefficient (Wildman–Crippen LogP) is 1.57. The fourth-order valence-corrected chi connectivity index (χ4v) is 3.78. The number of nitrogens with zero attached hydrogens (tertiary/aromatic N) is 1. The normalized spacial score (nSPS) is 16.3. The van der Waals surface area contributed by atoms with Crippen molar-refractivity contribution in [2.45, 2.75) is 49.9 Å². The number of alkyl halides is 3. The highest BCUT2D eigenvalue weighted by Gasteiger charge is 2.34. The van der Waals surface area contributed by atoms with Gasteiger partial charge in [0.1, 0.15) is 6.42 Å². The Kier molecular flexibility index (Phi) is 6.30. The van der Waals surface area contributed by atoms with Crippen LogP contribution < -0.4 is 4.72 Å². The number of rotatable bonds is 6. The number of fused-ring (bicyclic) bond motifs is 1. The van der Waals surface area contributed by atoms with Gasteiger partial charge in [0.15, 0.2) is 0 Å². The van der Waals surface area contributed by atoms with Crippen LogP contribution in [0.1, 0.15) is 30.9 Å². The molecule has 0 saturated carbocycles. The van der Waals surface area contributed by atoms with Gasteiger partial charge in [-0.15, -0.1) is 0 Å². The van der Waals surface area contributed by atoms with Crippen LogP contribution in [0.3, 0.4) is 0 Å². The molecule has 0 radical (unpaired) electrons. The van der Waals surface area contributed by atoms with E-state index in [2.05, 4.69) is 4.72 Å². The first kappa shape index (κ1) is 20.7. The molecule has 0 aromatic heterocycles. The Morgan fingerprint density at radius 2 is 2.04 bits per heavy atom. The van der Waals surface area contributed by atoms with Gasteiger partial charge in [-0.3, -0.25) is 4.79 Å². The fourth-order valence-electron chi connectivity index (χ4n) is 2.68. The highest BCUT2D eigenvalue weighted by Crippen LogP contribution is 2.26. The lowest BCUT2D eigenvalue weighted by molar-refractivity contribution is -0.162. The molecule has 1 heterocycles. The van der Waals surface area contributed by atoms with Gasteiger partial charge in [0.25, 0.3) is 0 Å². The van der Waals surface area contributed by atoms with E-state index in [1.54, 1.807) is 13.0 Å². The van der Waals surface area contributed by atoms with Gasteiger partial charge in [0, 0.05) is 19.6 Å². The lowest BCUT2D eigenvalue weighted by Crippen LogP contribution is -2.38. The monoisotopic (exact) mass is 394 g/mol. The Labute approximate surface area is 150 Å². The van der Waals surface area contributed by atoms with Gasteiger partial charge in [-0.1, -0.05) is 6.07 Å². The van der Waals surface area contributed by atoms with Crippen molar-refractivity contribution in [1.29, 1.82) is 0 Å². The second kappa shape index (κ2) is 7.93. The maximum absolute atomic E-state index is 12.4. The third kappa shape index (κ3) is 5.68. The number of halogens is 3. The van der Waals surface area contributed by atoms with Gasteiger partial charge in [-0.2, -0.15) is 13.2 Å². The summed E-state index contributed by atoms with van der Waals surface area (Å²) in [6, 6.07) is 4.42. The van der Waals surface area contributed by atoms with Crippen LogP contribution in [0.15, 0.2) is 23.1 Å². The second-order valence-electron chi connectivity index (χ2n) is 6.32. The molecular weight excluding hydrogens is 373 g/mol. The summed E-state index contributed by atoms with van der Waals surface area (Å²) in [6.07, 6.45) is -6.12. The molecule has 26 heavy (non-hydrogen) atoms. The zero-order chi connectivity index (χ0) is 19.5. The summed E-state index contributed by atoms with van der Waals surface area (Å²) in [4.78, 5) is 12.8. The predicted molar refractivity (Wildman–Crippen MR) is 87.7 cm³/mol. The fraction of sp³-hybridized carbons (Fsp3) is 0.562. The Bertz CT molecular complexity index is 763. The second-order valence-corrected chi connectivity index (χ2v) is 8.09. The number of nitrogens with one attached hydrogen (secondary N) is 1. The summed E-state index contributed by atoms with van der Waals surface area (Å²) in [5.74, 6) is -1.02. The number of hydrogen-bond acceptors (Lipinski definition) is 4. The zero-order valence-electron chi connectivity index (χ0n) is 14.2. The van der Waals surface area contributed by atoms with E-state index in [4.69, 9.17) is 0 Å². The minimum atomic E-state index is -4.57. The molecule has 1 amide bonds. The number of hydrogen-bond donors (Lipinski definition) is 2.